The molecule has 0 aromatic heterocycles. The Bertz CT molecular complexity index is 169. The fourth-order valence-electron chi connectivity index (χ4n) is 0.337. The monoisotopic (exact) mass is 197 g/mol. The van der Waals surface area contributed by atoms with E-state index in [9.17, 15) is 4.79 Å². The van der Waals surface area contributed by atoms with Crippen LogP contribution in [0.1, 0.15) is 34.6 Å². The van der Waals surface area contributed by atoms with Gasteiger partial charge in [0.1, 0.15) is 0 Å². The Kier molecular flexibility index (Phi) is 29.8. The molecular formula is C12H23NO. The molecule has 0 aliphatic heterocycles. The molecule has 0 heterocycles. The van der Waals surface area contributed by atoms with Crippen molar-refractivity contribution >= 4 is 5.91 Å². The second kappa shape index (κ2) is 22.6. The van der Waals surface area contributed by atoms with Gasteiger partial charge in [-0.05, 0) is 20.0 Å². The first-order valence-electron chi connectivity index (χ1n) is 4.81. The van der Waals surface area contributed by atoms with Gasteiger partial charge in [0.05, 0.1) is 0 Å². The van der Waals surface area contributed by atoms with E-state index in [2.05, 4.69) is 11.9 Å². The molecule has 0 rings (SSSR count). The number of allylic oxidation sites excluding steroid dienone is 4. The van der Waals surface area contributed by atoms with E-state index in [4.69, 9.17) is 0 Å². The Labute approximate surface area is 88.4 Å². The van der Waals surface area contributed by atoms with Crippen LogP contribution in [-0.4, -0.2) is 5.91 Å². The highest BCUT2D eigenvalue weighted by Crippen LogP contribution is 1.64. The third-order valence-electron chi connectivity index (χ3n) is 0.782. The third-order valence-corrected chi connectivity index (χ3v) is 0.782. The zero-order valence-corrected chi connectivity index (χ0v) is 10.0. The van der Waals surface area contributed by atoms with Gasteiger partial charge in [-0.15, -0.1) is 0 Å². The Morgan fingerprint density at radius 3 is 1.79 bits per heavy atom. The van der Waals surface area contributed by atoms with Crippen LogP contribution in [-0.2, 0) is 4.79 Å². The van der Waals surface area contributed by atoms with Crippen molar-refractivity contribution in [1.29, 1.82) is 0 Å². The van der Waals surface area contributed by atoms with Gasteiger partial charge in [-0.2, -0.15) is 0 Å². The topological polar surface area (TPSA) is 29.1 Å². The zero-order valence-electron chi connectivity index (χ0n) is 10.0. The van der Waals surface area contributed by atoms with Crippen molar-refractivity contribution in [2.45, 2.75) is 34.6 Å². The number of carbonyl (C=O) groups excluding carboxylic acids is 1. The molecular weight excluding hydrogens is 174 g/mol. The molecule has 1 amide bonds. The molecule has 1 N–H and O–H groups in total. The molecule has 0 atom stereocenters. The lowest BCUT2D eigenvalue weighted by molar-refractivity contribution is -0.118. The summed E-state index contributed by atoms with van der Waals surface area (Å²) in [6.45, 7) is 12.7. The van der Waals surface area contributed by atoms with Crippen LogP contribution in [0, 0.1) is 0 Å². The minimum Gasteiger partial charge on any atom is -0.333 e. The van der Waals surface area contributed by atoms with Crippen LogP contribution in [0.5, 0.6) is 0 Å². The molecule has 0 radical (unpaired) electrons. The largest absolute Gasteiger partial charge is 0.333 e. The van der Waals surface area contributed by atoms with Gasteiger partial charge >= 0.3 is 0 Å². The van der Waals surface area contributed by atoms with E-state index in [1.54, 1.807) is 18.4 Å². The molecule has 0 aliphatic rings. The van der Waals surface area contributed by atoms with Gasteiger partial charge < -0.3 is 5.32 Å². The smallest absolute Gasteiger partial charge is 0.220 e. The van der Waals surface area contributed by atoms with Gasteiger partial charge in [-0.1, -0.05) is 44.7 Å². The number of rotatable bonds is 2. The maximum atomic E-state index is 10.0. The second-order valence-electron chi connectivity index (χ2n) is 1.96. The number of amides is 1. The van der Waals surface area contributed by atoms with Gasteiger partial charge in [0.2, 0.25) is 5.91 Å². The highest BCUT2D eigenvalue weighted by Gasteiger charge is 1.77. The fraction of sp³-hybridized carbons (Fsp3) is 0.417. The van der Waals surface area contributed by atoms with E-state index in [0.29, 0.717) is 0 Å². The van der Waals surface area contributed by atoms with Crippen LogP contribution in [0.2, 0.25) is 0 Å². The van der Waals surface area contributed by atoms with Crippen LogP contribution in [0.25, 0.3) is 0 Å². The Hall–Kier alpha value is -1.31. The maximum absolute atomic E-state index is 10.0. The van der Waals surface area contributed by atoms with Crippen LogP contribution >= 0.6 is 0 Å². The van der Waals surface area contributed by atoms with E-state index in [1.807, 2.05) is 39.8 Å². The van der Waals surface area contributed by atoms with Crippen molar-refractivity contribution in [3.05, 3.63) is 37.1 Å². The molecule has 2 heteroatoms. The normalized spacial score (nSPS) is 8.36. The van der Waals surface area contributed by atoms with Crippen molar-refractivity contribution in [2.75, 3.05) is 0 Å². The van der Waals surface area contributed by atoms with Crippen molar-refractivity contribution in [3.63, 3.8) is 0 Å². The Morgan fingerprint density at radius 1 is 1.21 bits per heavy atom. The average molecular weight is 197 g/mol. The molecule has 0 aliphatic carbocycles. The number of hydrogen-bond acceptors (Lipinski definition) is 1. The summed E-state index contributed by atoms with van der Waals surface area (Å²) in [6.07, 6.45) is 8.94. The summed E-state index contributed by atoms with van der Waals surface area (Å²) < 4.78 is 0. The minimum absolute atomic E-state index is 0.0295. The van der Waals surface area contributed by atoms with Gasteiger partial charge in [-0.25, -0.2) is 0 Å². The van der Waals surface area contributed by atoms with Gasteiger partial charge in [0.15, 0.2) is 0 Å². The molecule has 82 valence electrons. The lowest BCUT2D eigenvalue weighted by Crippen LogP contribution is -2.10. The number of nitrogens with one attached hydrogen (secondary N) is 1. The predicted octanol–water partition coefficient (Wildman–Crippen LogP) is 3.43. The molecule has 0 spiro atoms. The first kappa shape index (κ1) is 18.5. The Morgan fingerprint density at radius 2 is 1.71 bits per heavy atom. The van der Waals surface area contributed by atoms with Gasteiger partial charge in [0, 0.05) is 6.92 Å². The van der Waals surface area contributed by atoms with Crippen molar-refractivity contribution in [2.24, 2.45) is 0 Å². The Balaban J connectivity index is -0.000000152. The fourth-order valence-corrected chi connectivity index (χ4v) is 0.337. The minimum atomic E-state index is -0.0295. The molecule has 2 nitrogen and oxygen atoms in total. The van der Waals surface area contributed by atoms with Crippen LogP contribution < -0.4 is 5.32 Å². The quantitative estimate of drug-likeness (QED) is 0.675. The SMILES string of the molecule is C/C=C/NC(C)=O.C=C/C=C\C.CC. The molecule has 0 aromatic carbocycles. The van der Waals surface area contributed by atoms with E-state index < -0.39 is 0 Å². The summed E-state index contributed by atoms with van der Waals surface area (Å²) in [5, 5.41) is 2.48. The van der Waals surface area contributed by atoms with Crippen LogP contribution in [0.3, 0.4) is 0 Å². The second-order valence-corrected chi connectivity index (χ2v) is 1.96. The highest BCUT2D eigenvalue weighted by atomic mass is 16.1. The lowest BCUT2D eigenvalue weighted by Gasteiger charge is -1.85. The molecule has 0 aromatic rings. The maximum Gasteiger partial charge on any atom is 0.220 e. The zero-order chi connectivity index (χ0) is 11.8. The van der Waals surface area contributed by atoms with Gasteiger partial charge in [0.25, 0.3) is 0 Å². The molecule has 0 saturated carbocycles. The molecule has 0 unspecified atom stereocenters. The van der Waals surface area contributed by atoms with Crippen molar-refractivity contribution < 1.29 is 4.79 Å². The molecule has 0 bridgehead atoms. The first-order valence-corrected chi connectivity index (χ1v) is 4.81. The van der Waals surface area contributed by atoms with E-state index in [-0.39, 0.29) is 5.91 Å². The third kappa shape index (κ3) is 45.6. The molecule has 14 heavy (non-hydrogen) atoms. The summed E-state index contributed by atoms with van der Waals surface area (Å²) in [6, 6.07) is 0. The first-order chi connectivity index (χ1) is 6.68. The summed E-state index contributed by atoms with van der Waals surface area (Å²) in [5.74, 6) is -0.0295. The summed E-state index contributed by atoms with van der Waals surface area (Å²) >= 11 is 0. The van der Waals surface area contributed by atoms with Gasteiger partial charge in [-0.3, -0.25) is 4.79 Å². The van der Waals surface area contributed by atoms with E-state index in [0.717, 1.165) is 0 Å². The van der Waals surface area contributed by atoms with Crippen LogP contribution in [0.4, 0.5) is 0 Å². The summed E-state index contributed by atoms with van der Waals surface area (Å²) in [5.41, 5.74) is 0. The highest BCUT2D eigenvalue weighted by molar-refractivity contribution is 5.73. The number of hydrogen-bond donors (Lipinski definition) is 1. The summed E-state index contributed by atoms with van der Waals surface area (Å²) in [7, 11) is 0. The van der Waals surface area contributed by atoms with Crippen molar-refractivity contribution in [3.8, 4) is 0 Å². The predicted molar refractivity (Wildman–Crippen MR) is 65.0 cm³/mol. The lowest BCUT2D eigenvalue weighted by atomic mass is 10.5. The van der Waals surface area contributed by atoms with Crippen molar-refractivity contribution in [1.82, 2.24) is 5.32 Å². The van der Waals surface area contributed by atoms with E-state index in [1.165, 1.54) is 6.92 Å². The number of carbonyl (C=O) groups is 1. The summed E-state index contributed by atoms with van der Waals surface area (Å²) in [4.78, 5) is 10.0. The molecule has 0 fully saturated rings. The van der Waals surface area contributed by atoms with Crippen LogP contribution in [0.15, 0.2) is 37.1 Å². The van der Waals surface area contributed by atoms with E-state index >= 15 is 0 Å². The average Bonchev–Trinajstić information content (AvgIpc) is 2.20. The molecule has 0 saturated heterocycles. The standard InChI is InChI=1S/C5H9NO.C5H8.C2H6/c1-3-4-6-5(2)7;1-3-5-4-2;1-2/h3-4H,1-2H3,(H,6,7);3-5H,1H2,2H3;1-2H3/b4-3+;5-4-;.